The van der Waals surface area contributed by atoms with Gasteiger partial charge in [0.2, 0.25) is 5.88 Å². The molecular formula is C15H11Cl2N3O2. The predicted molar refractivity (Wildman–Crippen MR) is 86.3 cm³/mol. The second kappa shape index (κ2) is 5.94. The number of ether oxygens (including phenoxy) is 1. The largest absolute Gasteiger partial charge is 0.478 e. The first-order valence-corrected chi connectivity index (χ1v) is 7.34. The highest BCUT2D eigenvalue weighted by atomic mass is 35.5. The summed E-state index contributed by atoms with van der Waals surface area (Å²) in [6.07, 6.45) is 0. The monoisotopic (exact) mass is 335 g/mol. The van der Waals surface area contributed by atoms with Gasteiger partial charge in [-0.25, -0.2) is 4.98 Å². The Morgan fingerprint density at radius 3 is 2.50 bits per heavy atom. The minimum absolute atomic E-state index is 0.117. The molecule has 0 aliphatic rings. The van der Waals surface area contributed by atoms with Gasteiger partial charge in [0, 0.05) is 11.1 Å². The molecule has 0 aliphatic heterocycles. The summed E-state index contributed by atoms with van der Waals surface area (Å²) in [6, 6.07) is 10.2. The third-order valence-electron chi connectivity index (χ3n) is 3.02. The van der Waals surface area contributed by atoms with E-state index in [2.05, 4.69) is 9.97 Å². The fraction of sp³-hybridized carbons (Fsp3) is 0.133. The van der Waals surface area contributed by atoms with Gasteiger partial charge in [0.05, 0.1) is 12.3 Å². The third kappa shape index (κ3) is 2.65. The van der Waals surface area contributed by atoms with Crippen molar-refractivity contribution in [1.29, 1.82) is 0 Å². The Hall–Kier alpha value is -2.11. The van der Waals surface area contributed by atoms with Crippen molar-refractivity contribution in [3.05, 3.63) is 56.9 Å². The van der Waals surface area contributed by atoms with E-state index in [0.29, 0.717) is 34.4 Å². The van der Waals surface area contributed by atoms with Gasteiger partial charge in [0.25, 0.3) is 5.56 Å². The Labute approximate surface area is 136 Å². The van der Waals surface area contributed by atoms with Crippen LogP contribution >= 0.6 is 23.2 Å². The smallest absolute Gasteiger partial charge is 0.294 e. The molecule has 22 heavy (non-hydrogen) atoms. The number of pyridine rings is 1. The van der Waals surface area contributed by atoms with Crippen molar-refractivity contribution in [2.45, 2.75) is 6.92 Å². The molecule has 5 nitrogen and oxygen atoms in total. The van der Waals surface area contributed by atoms with Gasteiger partial charge in [-0.3, -0.25) is 9.36 Å². The quantitative estimate of drug-likeness (QED) is 0.735. The van der Waals surface area contributed by atoms with Crippen molar-refractivity contribution in [1.82, 2.24) is 14.5 Å². The first-order chi connectivity index (χ1) is 10.6. The molecule has 1 aromatic carbocycles. The molecule has 0 fully saturated rings. The van der Waals surface area contributed by atoms with E-state index in [9.17, 15) is 4.79 Å². The summed E-state index contributed by atoms with van der Waals surface area (Å²) >= 11 is 11.8. The van der Waals surface area contributed by atoms with Gasteiger partial charge in [0.15, 0.2) is 10.8 Å². The van der Waals surface area contributed by atoms with Gasteiger partial charge in [0.1, 0.15) is 5.52 Å². The van der Waals surface area contributed by atoms with Crippen LogP contribution in [0.15, 0.2) is 41.2 Å². The molecule has 7 heteroatoms. The second-order valence-electron chi connectivity index (χ2n) is 4.44. The SMILES string of the molecule is CCOc1ccc2nc(Cl)c(=O)n(-c3ccc(Cl)cc3)c2n1. The number of rotatable bonds is 3. The summed E-state index contributed by atoms with van der Waals surface area (Å²) in [5.74, 6) is 0.418. The highest BCUT2D eigenvalue weighted by molar-refractivity contribution is 6.30. The lowest BCUT2D eigenvalue weighted by Gasteiger charge is -2.11. The third-order valence-corrected chi connectivity index (χ3v) is 3.51. The fourth-order valence-electron chi connectivity index (χ4n) is 2.08. The summed E-state index contributed by atoms with van der Waals surface area (Å²) in [6.45, 7) is 2.34. The Morgan fingerprint density at radius 1 is 1.09 bits per heavy atom. The number of hydrogen-bond acceptors (Lipinski definition) is 4. The molecule has 2 aromatic heterocycles. The summed E-state index contributed by atoms with van der Waals surface area (Å²) < 4.78 is 6.78. The van der Waals surface area contributed by atoms with Gasteiger partial charge in [-0.2, -0.15) is 4.98 Å². The summed E-state index contributed by atoms with van der Waals surface area (Å²) in [7, 11) is 0. The average molecular weight is 336 g/mol. The van der Waals surface area contributed by atoms with Crippen LogP contribution in [0.5, 0.6) is 5.88 Å². The van der Waals surface area contributed by atoms with Crippen LogP contribution in [0.2, 0.25) is 10.2 Å². The molecule has 3 rings (SSSR count). The minimum Gasteiger partial charge on any atom is -0.478 e. The van der Waals surface area contributed by atoms with Gasteiger partial charge in [-0.15, -0.1) is 0 Å². The maximum Gasteiger partial charge on any atom is 0.294 e. The zero-order chi connectivity index (χ0) is 15.7. The van der Waals surface area contributed by atoms with E-state index < -0.39 is 5.56 Å². The number of benzene rings is 1. The molecule has 0 saturated heterocycles. The highest BCUT2D eigenvalue weighted by Crippen LogP contribution is 2.20. The van der Waals surface area contributed by atoms with Gasteiger partial charge in [-0.1, -0.05) is 23.2 Å². The number of halogens is 2. The Bertz CT molecular complexity index is 892. The van der Waals surface area contributed by atoms with Crippen LogP contribution in [-0.2, 0) is 0 Å². The Balaban J connectivity index is 2.34. The van der Waals surface area contributed by atoms with Crippen molar-refractivity contribution in [2.24, 2.45) is 0 Å². The number of aromatic nitrogens is 3. The number of hydrogen-bond donors (Lipinski definition) is 0. The first-order valence-electron chi connectivity index (χ1n) is 6.58. The standard InChI is InChI=1S/C15H11Cl2N3O2/c1-2-22-12-8-7-11-14(19-12)20(15(21)13(17)18-11)10-5-3-9(16)4-6-10/h3-8H,2H2,1H3. The van der Waals surface area contributed by atoms with Crippen molar-refractivity contribution < 1.29 is 4.74 Å². The molecule has 0 N–H and O–H groups in total. The molecule has 0 radical (unpaired) electrons. The minimum atomic E-state index is -0.447. The number of fused-ring (bicyclic) bond motifs is 1. The fourth-order valence-corrected chi connectivity index (χ4v) is 2.38. The molecular weight excluding hydrogens is 325 g/mol. The van der Waals surface area contributed by atoms with Gasteiger partial charge in [-0.05, 0) is 37.3 Å². The molecule has 0 unspecified atom stereocenters. The molecule has 3 aromatic rings. The highest BCUT2D eigenvalue weighted by Gasteiger charge is 2.13. The van der Waals surface area contributed by atoms with E-state index in [4.69, 9.17) is 27.9 Å². The molecule has 112 valence electrons. The van der Waals surface area contributed by atoms with E-state index in [1.807, 2.05) is 6.92 Å². The Morgan fingerprint density at radius 2 is 1.82 bits per heavy atom. The molecule has 2 heterocycles. The zero-order valence-electron chi connectivity index (χ0n) is 11.6. The molecule has 0 saturated carbocycles. The zero-order valence-corrected chi connectivity index (χ0v) is 13.1. The lowest BCUT2D eigenvalue weighted by Crippen LogP contribution is -2.21. The van der Waals surface area contributed by atoms with E-state index in [0.717, 1.165) is 0 Å². The van der Waals surface area contributed by atoms with Gasteiger partial charge >= 0.3 is 0 Å². The molecule has 0 spiro atoms. The van der Waals surface area contributed by atoms with E-state index >= 15 is 0 Å². The van der Waals surface area contributed by atoms with Crippen LogP contribution in [0.1, 0.15) is 6.92 Å². The van der Waals surface area contributed by atoms with Gasteiger partial charge < -0.3 is 4.74 Å². The van der Waals surface area contributed by atoms with E-state index in [1.165, 1.54) is 4.57 Å². The lowest BCUT2D eigenvalue weighted by molar-refractivity contribution is 0.328. The molecule has 0 aliphatic carbocycles. The van der Waals surface area contributed by atoms with Crippen LogP contribution < -0.4 is 10.3 Å². The predicted octanol–water partition coefficient (Wildman–Crippen LogP) is 3.49. The van der Waals surface area contributed by atoms with Crippen molar-refractivity contribution in [3.63, 3.8) is 0 Å². The van der Waals surface area contributed by atoms with Crippen molar-refractivity contribution in [2.75, 3.05) is 6.61 Å². The van der Waals surface area contributed by atoms with E-state index in [1.54, 1.807) is 36.4 Å². The topological polar surface area (TPSA) is 57.0 Å². The maximum absolute atomic E-state index is 12.4. The molecule has 0 amide bonds. The van der Waals surface area contributed by atoms with Crippen LogP contribution in [0, 0.1) is 0 Å². The van der Waals surface area contributed by atoms with Crippen LogP contribution in [0.25, 0.3) is 16.9 Å². The normalized spacial score (nSPS) is 10.9. The van der Waals surface area contributed by atoms with Crippen LogP contribution in [0.4, 0.5) is 0 Å². The molecule has 0 bridgehead atoms. The maximum atomic E-state index is 12.4. The molecule has 0 atom stereocenters. The summed E-state index contributed by atoms with van der Waals surface area (Å²) in [4.78, 5) is 20.8. The van der Waals surface area contributed by atoms with Crippen molar-refractivity contribution >= 4 is 34.4 Å². The second-order valence-corrected chi connectivity index (χ2v) is 5.24. The van der Waals surface area contributed by atoms with Crippen molar-refractivity contribution in [3.8, 4) is 11.6 Å². The number of nitrogens with zero attached hydrogens (tertiary/aromatic N) is 3. The first kappa shape index (κ1) is 14.8. The summed E-state index contributed by atoms with van der Waals surface area (Å²) in [5.41, 5.74) is 1.04. The van der Waals surface area contributed by atoms with E-state index in [-0.39, 0.29) is 5.15 Å². The Kier molecular flexibility index (Phi) is 4.00. The van der Waals surface area contributed by atoms with Crippen LogP contribution in [0.3, 0.4) is 0 Å². The van der Waals surface area contributed by atoms with Crippen LogP contribution in [-0.4, -0.2) is 21.1 Å². The lowest BCUT2D eigenvalue weighted by atomic mass is 10.3. The average Bonchev–Trinajstić information content (AvgIpc) is 2.51. The summed E-state index contributed by atoms with van der Waals surface area (Å²) in [5, 5.41) is 0.456.